The summed E-state index contributed by atoms with van der Waals surface area (Å²) in [6.07, 6.45) is 5.13. The summed E-state index contributed by atoms with van der Waals surface area (Å²) >= 11 is 0. The summed E-state index contributed by atoms with van der Waals surface area (Å²) in [7, 11) is -0.917. The van der Waals surface area contributed by atoms with Crippen LogP contribution < -0.4 is 10.9 Å². The van der Waals surface area contributed by atoms with E-state index < -0.39 is 14.0 Å². The zero-order chi connectivity index (χ0) is 23.5. The molecule has 5 heteroatoms. The van der Waals surface area contributed by atoms with Crippen molar-refractivity contribution in [1.29, 1.82) is 0 Å². The summed E-state index contributed by atoms with van der Waals surface area (Å²) in [5.74, 6) is 0. The molecule has 0 aliphatic carbocycles. The maximum Gasteiger partial charge on any atom is 0.491 e. The van der Waals surface area contributed by atoms with Gasteiger partial charge in [-0.2, -0.15) is 0 Å². The monoisotopic (exact) mass is 434 g/mol. The molecule has 32 heavy (non-hydrogen) atoms. The SMILES string of the molecule is CC(C)(C)Cc1cc2cc(c1)B(O)CCCc1cc(CC(C)(C)C)cc(c1)B(O)OCC2. The molecule has 0 radical (unpaired) electrons. The molecule has 3 nitrogen and oxygen atoms in total. The van der Waals surface area contributed by atoms with Crippen molar-refractivity contribution in [3.8, 4) is 0 Å². The molecule has 2 aromatic carbocycles. The van der Waals surface area contributed by atoms with Gasteiger partial charge in [0.1, 0.15) is 0 Å². The maximum absolute atomic E-state index is 11.0. The lowest BCUT2D eigenvalue weighted by molar-refractivity contribution is 0.273. The minimum atomic E-state index is -0.917. The molecule has 2 N–H and O–H groups in total. The Balaban J connectivity index is 1.87. The molecule has 0 fully saturated rings. The molecule has 0 saturated carbocycles. The fourth-order valence-electron chi connectivity index (χ4n) is 4.69. The smallest absolute Gasteiger partial charge is 0.446 e. The lowest BCUT2D eigenvalue weighted by Crippen LogP contribution is -2.36. The third-order valence-electron chi connectivity index (χ3n) is 5.90. The van der Waals surface area contributed by atoms with Gasteiger partial charge in [-0.3, -0.25) is 0 Å². The van der Waals surface area contributed by atoms with Crippen LogP contribution in [0.2, 0.25) is 6.32 Å². The first-order chi connectivity index (χ1) is 14.9. The fourth-order valence-corrected chi connectivity index (χ4v) is 4.69. The van der Waals surface area contributed by atoms with Crippen molar-refractivity contribution < 1.29 is 14.7 Å². The minimum Gasteiger partial charge on any atom is -0.446 e. The Kier molecular flexibility index (Phi) is 7.96. The van der Waals surface area contributed by atoms with E-state index in [2.05, 4.69) is 77.9 Å². The van der Waals surface area contributed by atoms with E-state index in [9.17, 15) is 10.0 Å². The maximum atomic E-state index is 11.0. The average molecular weight is 434 g/mol. The van der Waals surface area contributed by atoms with Crippen molar-refractivity contribution in [2.45, 2.75) is 80.0 Å². The van der Waals surface area contributed by atoms with Crippen LogP contribution in [0.4, 0.5) is 0 Å². The molecule has 4 bridgehead atoms. The molecule has 0 saturated heterocycles. The van der Waals surface area contributed by atoms with Crippen molar-refractivity contribution in [3.05, 3.63) is 58.7 Å². The highest BCUT2D eigenvalue weighted by atomic mass is 16.5. The summed E-state index contributed by atoms with van der Waals surface area (Å²) in [6.45, 7) is 13.4. The van der Waals surface area contributed by atoms with Crippen molar-refractivity contribution in [2.24, 2.45) is 10.8 Å². The number of hydrogen-bond donors (Lipinski definition) is 2. The van der Waals surface area contributed by atoms with Crippen LogP contribution in [0.5, 0.6) is 0 Å². The van der Waals surface area contributed by atoms with Gasteiger partial charge in [0.15, 0.2) is 0 Å². The van der Waals surface area contributed by atoms with Gasteiger partial charge in [-0.05, 0) is 76.0 Å². The van der Waals surface area contributed by atoms with Crippen LogP contribution in [0, 0.1) is 10.8 Å². The molecule has 0 atom stereocenters. The van der Waals surface area contributed by atoms with Gasteiger partial charge >= 0.3 is 14.0 Å². The third-order valence-corrected chi connectivity index (χ3v) is 5.90. The Labute approximate surface area is 195 Å². The van der Waals surface area contributed by atoms with E-state index in [0.29, 0.717) is 13.0 Å². The Morgan fingerprint density at radius 2 is 1.28 bits per heavy atom. The molecule has 0 unspecified atom stereocenters. The van der Waals surface area contributed by atoms with Gasteiger partial charge in [0.2, 0.25) is 0 Å². The van der Waals surface area contributed by atoms with Crippen molar-refractivity contribution >= 4 is 25.0 Å². The Morgan fingerprint density at radius 3 is 1.88 bits per heavy atom. The highest BCUT2D eigenvalue weighted by Gasteiger charge is 2.22. The Bertz CT molecular complexity index is 837. The second-order valence-electron chi connectivity index (χ2n) is 12.0. The zero-order valence-corrected chi connectivity index (χ0v) is 20.9. The molecule has 3 rings (SSSR count). The van der Waals surface area contributed by atoms with E-state index in [4.69, 9.17) is 4.65 Å². The van der Waals surface area contributed by atoms with Gasteiger partial charge < -0.3 is 14.7 Å². The molecule has 172 valence electrons. The van der Waals surface area contributed by atoms with Crippen LogP contribution in [0.25, 0.3) is 0 Å². The van der Waals surface area contributed by atoms with Gasteiger partial charge in [0.05, 0.1) is 0 Å². The molecular weight excluding hydrogens is 394 g/mol. The number of hydrogen-bond acceptors (Lipinski definition) is 3. The number of aryl methyl sites for hydroxylation is 1. The molecule has 0 amide bonds. The number of benzene rings is 2. The summed E-state index contributed by atoms with van der Waals surface area (Å²) in [4.78, 5) is 0. The van der Waals surface area contributed by atoms with Crippen molar-refractivity contribution in [1.82, 2.24) is 0 Å². The van der Waals surface area contributed by atoms with Crippen molar-refractivity contribution in [2.75, 3.05) is 6.61 Å². The second-order valence-corrected chi connectivity index (χ2v) is 12.0. The van der Waals surface area contributed by atoms with Crippen LogP contribution in [-0.2, 0) is 30.3 Å². The lowest BCUT2D eigenvalue weighted by Gasteiger charge is -2.21. The van der Waals surface area contributed by atoms with Crippen LogP contribution in [0.1, 0.15) is 70.2 Å². The highest BCUT2D eigenvalue weighted by molar-refractivity contribution is 6.66. The largest absolute Gasteiger partial charge is 0.491 e. The fraction of sp³-hybridized carbons (Fsp3) is 0.556. The van der Waals surface area contributed by atoms with Crippen LogP contribution in [0.3, 0.4) is 0 Å². The summed E-state index contributed by atoms with van der Waals surface area (Å²) < 4.78 is 5.87. The van der Waals surface area contributed by atoms with E-state index in [1.54, 1.807) is 0 Å². The minimum absolute atomic E-state index is 0.173. The standard InChI is InChI=1S/C27H40B2O3/c1-26(2,3)18-22-13-21-9-11-32-29(31)25-15-20(12-23(17-25)19-27(4,5)6)8-7-10-28(30)24(14-21)16-22/h12-17,30-31H,7-11,18-19H2,1-6H3. The van der Waals surface area contributed by atoms with Gasteiger partial charge in [0, 0.05) is 6.61 Å². The topological polar surface area (TPSA) is 49.7 Å². The van der Waals surface area contributed by atoms with Crippen molar-refractivity contribution in [3.63, 3.8) is 0 Å². The molecule has 0 spiro atoms. The molecule has 0 aromatic heterocycles. The van der Waals surface area contributed by atoms with Gasteiger partial charge in [0.25, 0.3) is 0 Å². The van der Waals surface area contributed by atoms with Crippen LogP contribution >= 0.6 is 0 Å². The average Bonchev–Trinajstić information content (AvgIpc) is 2.64. The van der Waals surface area contributed by atoms with E-state index in [0.717, 1.165) is 48.5 Å². The number of fused-ring (bicyclic) bond motifs is 4. The second kappa shape index (κ2) is 10.2. The van der Waals surface area contributed by atoms with E-state index in [1.807, 2.05) is 0 Å². The molecule has 2 aromatic rings. The quantitative estimate of drug-likeness (QED) is 0.705. The molecule has 1 aliphatic heterocycles. The predicted molar refractivity (Wildman–Crippen MR) is 137 cm³/mol. The predicted octanol–water partition coefficient (Wildman–Crippen LogP) is 3.95. The summed E-state index contributed by atoms with van der Waals surface area (Å²) in [6, 6.07) is 12.9. The van der Waals surface area contributed by atoms with E-state index in [1.165, 1.54) is 16.7 Å². The summed E-state index contributed by atoms with van der Waals surface area (Å²) in [5.41, 5.74) is 7.05. The molecular formula is C27H40B2O3. The van der Waals surface area contributed by atoms with E-state index in [-0.39, 0.29) is 10.8 Å². The third kappa shape index (κ3) is 7.79. The van der Waals surface area contributed by atoms with E-state index >= 15 is 0 Å². The first-order valence-electron chi connectivity index (χ1n) is 12.1. The number of rotatable bonds is 2. The Hall–Kier alpha value is -1.55. The zero-order valence-electron chi connectivity index (χ0n) is 20.9. The molecule has 1 heterocycles. The Morgan fingerprint density at radius 1 is 0.750 bits per heavy atom. The van der Waals surface area contributed by atoms with Gasteiger partial charge in [-0.1, -0.05) is 84.4 Å². The first kappa shape index (κ1) is 25.1. The first-order valence-corrected chi connectivity index (χ1v) is 12.1. The molecule has 1 aliphatic rings. The van der Waals surface area contributed by atoms with Crippen LogP contribution in [-0.4, -0.2) is 30.7 Å². The highest BCUT2D eigenvalue weighted by Crippen LogP contribution is 2.23. The van der Waals surface area contributed by atoms with Gasteiger partial charge in [-0.15, -0.1) is 0 Å². The normalized spacial score (nSPS) is 16.1. The summed E-state index contributed by atoms with van der Waals surface area (Å²) in [5, 5.41) is 21.7. The van der Waals surface area contributed by atoms with Crippen LogP contribution in [0.15, 0.2) is 36.4 Å². The van der Waals surface area contributed by atoms with Gasteiger partial charge in [-0.25, -0.2) is 0 Å². The lowest BCUT2D eigenvalue weighted by atomic mass is 9.57.